The van der Waals surface area contributed by atoms with Gasteiger partial charge in [0.1, 0.15) is 0 Å². The second-order valence-corrected chi connectivity index (χ2v) is 4.34. The highest BCUT2D eigenvalue weighted by atomic mass is 16.4. The van der Waals surface area contributed by atoms with Crippen molar-refractivity contribution in [3.05, 3.63) is 34.3 Å². The van der Waals surface area contributed by atoms with Crippen LogP contribution in [0.5, 0.6) is 0 Å². The zero-order valence-corrected chi connectivity index (χ0v) is 10.1. The Hall–Kier alpha value is -1.59. The van der Waals surface area contributed by atoms with Gasteiger partial charge in [0.05, 0.1) is 5.52 Å². The van der Waals surface area contributed by atoms with Gasteiger partial charge in [-0.1, -0.05) is 6.07 Å². The van der Waals surface area contributed by atoms with Gasteiger partial charge in [0.15, 0.2) is 5.58 Å². The van der Waals surface area contributed by atoms with E-state index >= 15 is 0 Å². The van der Waals surface area contributed by atoms with Crippen molar-refractivity contribution in [2.45, 2.75) is 19.5 Å². The highest BCUT2D eigenvalue weighted by Gasteiger charge is 2.08. The summed E-state index contributed by atoms with van der Waals surface area (Å²) in [5, 5.41) is 0. The molecule has 17 heavy (non-hydrogen) atoms. The molecule has 0 aliphatic carbocycles. The molecular weight excluding hydrogens is 218 g/mol. The first-order valence-electron chi connectivity index (χ1n) is 5.62. The summed E-state index contributed by atoms with van der Waals surface area (Å²) in [6.45, 7) is 3.50. The van der Waals surface area contributed by atoms with Gasteiger partial charge < -0.3 is 10.2 Å². The van der Waals surface area contributed by atoms with Crippen LogP contribution in [0.1, 0.15) is 12.5 Å². The number of likely N-dealkylation sites (N-methyl/N-ethyl adjacent to an activating group) is 1. The van der Waals surface area contributed by atoms with Crippen LogP contribution in [0.3, 0.4) is 0 Å². The number of aromatic amines is 1. The van der Waals surface area contributed by atoms with Gasteiger partial charge in [-0.25, -0.2) is 4.79 Å². The molecule has 1 atom stereocenters. The van der Waals surface area contributed by atoms with Crippen LogP contribution in [0, 0.1) is 0 Å². The number of H-pyrrole nitrogens is 1. The monoisotopic (exact) mass is 235 g/mol. The molecule has 1 aromatic carbocycles. The van der Waals surface area contributed by atoms with Crippen molar-refractivity contribution in [1.82, 2.24) is 9.88 Å². The molecule has 2 rings (SSSR count). The lowest BCUT2D eigenvalue weighted by molar-refractivity contribution is 0.255. The van der Waals surface area contributed by atoms with E-state index < -0.39 is 5.76 Å². The summed E-state index contributed by atoms with van der Waals surface area (Å²) < 4.78 is 4.95. The summed E-state index contributed by atoms with van der Waals surface area (Å²) in [6, 6.07) is 6.02. The molecule has 0 saturated carbocycles. The third kappa shape index (κ3) is 2.57. The minimum atomic E-state index is -0.416. The number of hydrogen-bond acceptors (Lipinski definition) is 4. The summed E-state index contributed by atoms with van der Waals surface area (Å²) in [7, 11) is 2.03. The van der Waals surface area contributed by atoms with Gasteiger partial charge in [-0.05, 0) is 31.7 Å². The van der Waals surface area contributed by atoms with E-state index in [9.17, 15) is 4.79 Å². The number of nitrogens with one attached hydrogen (secondary N) is 1. The second-order valence-electron chi connectivity index (χ2n) is 4.34. The Kier molecular flexibility index (Phi) is 3.31. The van der Waals surface area contributed by atoms with E-state index in [1.54, 1.807) is 0 Å². The average Bonchev–Trinajstić information content (AvgIpc) is 2.67. The number of fused-ring (bicyclic) bond motifs is 1. The fraction of sp³-hybridized carbons (Fsp3) is 0.417. The Morgan fingerprint density at radius 3 is 3.00 bits per heavy atom. The van der Waals surface area contributed by atoms with E-state index in [2.05, 4.69) is 16.8 Å². The predicted molar refractivity (Wildman–Crippen MR) is 66.8 cm³/mol. The number of oxazole rings is 1. The minimum absolute atomic E-state index is 0.328. The molecule has 0 saturated heterocycles. The molecule has 1 heterocycles. The van der Waals surface area contributed by atoms with Crippen LogP contribution in [0.25, 0.3) is 11.1 Å². The largest absolute Gasteiger partial charge is 0.417 e. The lowest BCUT2D eigenvalue weighted by atomic mass is 10.2. The Balaban J connectivity index is 2.21. The minimum Gasteiger partial charge on any atom is -0.408 e. The van der Waals surface area contributed by atoms with Crippen molar-refractivity contribution in [2.24, 2.45) is 5.73 Å². The number of hydrogen-bond donors (Lipinski definition) is 2. The quantitative estimate of drug-likeness (QED) is 0.825. The van der Waals surface area contributed by atoms with Crippen molar-refractivity contribution in [1.29, 1.82) is 0 Å². The molecule has 0 amide bonds. The maximum Gasteiger partial charge on any atom is 0.417 e. The molecule has 5 nitrogen and oxygen atoms in total. The molecule has 2 aromatic rings. The van der Waals surface area contributed by atoms with Gasteiger partial charge in [0, 0.05) is 19.1 Å². The van der Waals surface area contributed by atoms with Gasteiger partial charge >= 0.3 is 5.76 Å². The van der Waals surface area contributed by atoms with E-state index in [0.29, 0.717) is 18.2 Å². The third-order valence-electron chi connectivity index (χ3n) is 3.01. The third-order valence-corrected chi connectivity index (χ3v) is 3.01. The van der Waals surface area contributed by atoms with Crippen LogP contribution in [0.15, 0.2) is 27.4 Å². The van der Waals surface area contributed by atoms with Crippen LogP contribution >= 0.6 is 0 Å². The first-order chi connectivity index (χ1) is 8.10. The smallest absolute Gasteiger partial charge is 0.408 e. The zero-order valence-electron chi connectivity index (χ0n) is 10.1. The molecule has 1 aromatic heterocycles. The molecule has 0 aliphatic heterocycles. The first kappa shape index (κ1) is 11.9. The Labute approximate surface area is 99.2 Å². The molecule has 0 aliphatic rings. The lowest BCUT2D eigenvalue weighted by Crippen LogP contribution is -2.34. The highest BCUT2D eigenvalue weighted by molar-refractivity contribution is 5.72. The topological polar surface area (TPSA) is 75.3 Å². The first-order valence-corrected chi connectivity index (χ1v) is 5.62. The fourth-order valence-corrected chi connectivity index (χ4v) is 1.72. The van der Waals surface area contributed by atoms with Gasteiger partial charge in [-0.15, -0.1) is 0 Å². The normalized spacial score (nSPS) is 13.4. The zero-order chi connectivity index (χ0) is 12.4. The summed E-state index contributed by atoms with van der Waals surface area (Å²) >= 11 is 0. The van der Waals surface area contributed by atoms with Gasteiger partial charge in [0.2, 0.25) is 0 Å². The van der Waals surface area contributed by atoms with Crippen LogP contribution in [-0.4, -0.2) is 29.5 Å². The Morgan fingerprint density at radius 2 is 2.29 bits per heavy atom. The summed E-state index contributed by atoms with van der Waals surface area (Å²) in [5.41, 5.74) is 8.07. The SMILES string of the molecule is CC(CN)N(C)Cc1ccc2oc(=O)[nH]c2c1. The van der Waals surface area contributed by atoms with E-state index in [1.807, 2.05) is 25.2 Å². The number of rotatable bonds is 4. The highest BCUT2D eigenvalue weighted by Crippen LogP contribution is 2.14. The molecule has 0 fully saturated rings. The standard InChI is InChI=1S/C12H17N3O2/c1-8(6-13)15(2)7-9-3-4-11-10(5-9)14-12(16)17-11/h3-5,8H,6-7,13H2,1-2H3,(H,14,16). The number of benzene rings is 1. The van der Waals surface area contributed by atoms with Crippen LogP contribution in [-0.2, 0) is 6.54 Å². The molecule has 0 radical (unpaired) electrons. The fourth-order valence-electron chi connectivity index (χ4n) is 1.72. The van der Waals surface area contributed by atoms with Crippen LogP contribution in [0.2, 0.25) is 0 Å². The van der Waals surface area contributed by atoms with Crippen molar-refractivity contribution in [3.63, 3.8) is 0 Å². The molecule has 0 bridgehead atoms. The van der Waals surface area contributed by atoms with Gasteiger partial charge in [-0.2, -0.15) is 0 Å². The average molecular weight is 235 g/mol. The molecule has 3 N–H and O–H groups in total. The molecule has 92 valence electrons. The summed E-state index contributed by atoms with van der Waals surface area (Å²) in [6.07, 6.45) is 0. The molecular formula is C12H17N3O2. The van der Waals surface area contributed by atoms with Gasteiger partial charge in [0.25, 0.3) is 0 Å². The Morgan fingerprint density at radius 1 is 1.53 bits per heavy atom. The van der Waals surface area contributed by atoms with Gasteiger partial charge in [-0.3, -0.25) is 9.88 Å². The van der Waals surface area contributed by atoms with Crippen LogP contribution < -0.4 is 11.5 Å². The van der Waals surface area contributed by atoms with Crippen molar-refractivity contribution in [2.75, 3.05) is 13.6 Å². The Bertz CT molecular complexity index is 558. The molecule has 0 spiro atoms. The van der Waals surface area contributed by atoms with Crippen molar-refractivity contribution >= 4 is 11.1 Å². The molecule has 1 unspecified atom stereocenters. The molecule has 5 heteroatoms. The van der Waals surface area contributed by atoms with Crippen molar-refractivity contribution in [3.8, 4) is 0 Å². The van der Waals surface area contributed by atoms with E-state index in [1.165, 1.54) is 0 Å². The maximum atomic E-state index is 11.0. The van der Waals surface area contributed by atoms with E-state index in [4.69, 9.17) is 10.2 Å². The van der Waals surface area contributed by atoms with Crippen LogP contribution in [0.4, 0.5) is 0 Å². The predicted octanol–water partition coefficient (Wildman–Crippen LogP) is 0.900. The van der Waals surface area contributed by atoms with Crippen molar-refractivity contribution < 1.29 is 4.42 Å². The number of aromatic nitrogens is 1. The summed E-state index contributed by atoms with van der Waals surface area (Å²) in [5.74, 6) is -0.416. The second kappa shape index (κ2) is 4.73. The number of nitrogens with two attached hydrogens (primary N) is 1. The summed E-state index contributed by atoms with van der Waals surface area (Å²) in [4.78, 5) is 15.8. The number of nitrogens with zero attached hydrogens (tertiary/aromatic N) is 1. The van der Waals surface area contributed by atoms with E-state index in [-0.39, 0.29) is 0 Å². The maximum absolute atomic E-state index is 11.0. The van der Waals surface area contributed by atoms with E-state index in [0.717, 1.165) is 17.6 Å². The lowest BCUT2D eigenvalue weighted by Gasteiger charge is -2.23.